The maximum atomic E-state index is 11.6. The molecular weight excluding hydrogens is 206 g/mol. The number of rotatable bonds is 3. The molecule has 1 heterocycles. The molecule has 2 atom stereocenters. The number of sulfonamides is 1. The Morgan fingerprint density at radius 3 is 2.57 bits per heavy atom. The number of fused-ring (bicyclic) bond motifs is 2. The Morgan fingerprint density at radius 1 is 1.43 bits per heavy atom. The zero-order valence-electron chi connectivity index (χ0n) is 7.72. The van der Waals surface area contributed by atoms with E-state index in [0.29, 0.717) is 12.5 Å². The molecule has 2 rings (SSSR count). The third kappa shape index (κ3) is 1.64. The molecule has 0 aromatic heterocycles. The summed E-state index contributed by atoms with van der Waals surface area (Å²) in [6.07, 6.45) is 2.89. The summed E-state index contributed by atoms with van der Waals surface area (Å²) < 4.78 is 24.5. The summed E-state index contributed by atoms with van der Waals surface area (Å²) in [6, 6.07) is 0.0735. The van der Waals surface area contributed by atoms with Crippen molar-refractivity contribution in [2.24, 2.45) is 5.92 Å². The molecule has 0 aromatic carbocycles. The van der Waals surface area contributed by atoms with E-state index in [0.717, 1.165) is 19.3 Å². The number of piperidine rings is 1. The highest BCUT2D eigenvalue weighted by atomic mass is 32.2. The zero-order chi connectivity index (χ0) is 10.3. The third-order valence-electron chi connectivity index (χ3n) is 3.02. The Morgan fingerprint density at radius 2 is 2.14 bits per heavy atom. The highest BCUT2D eigenvalue weighted by Crippen LogP contribution is 2.38. The molecule has 2 aliphatic rings. The first-order valence-electron chi connectivity index (χ1n) is 4.70. The molecule has 1 N–H and O–H groups in total. The normalized spacial score (nSPS) is 32.3. The standard InChI is InChI=1S/C8H13NO4S/c10-8(11)5-14(12,13)9-4-6-1-2-7(9)3-6/h6-7H,1-5H2,(H,10,11). The average molecular weight is 219 g/mol. The van der Waals surface area contributed by atoms with E-state index in [9.17, 15) is 13.2 Å². The Hall–Kier alpha value is -0.620. The van der Waals surface area contributed by atoms with Gasteiger partial charge in [0.05, 0.1) is 0 Å². The van der Waals surface area contributed by atoms with Crippen LogP contribution < -0.4 is 0 Å². The van der Waals surface area contributed by atoms with E-state index in [2.05, 4.69) is 0 Å². The van der Waals surface area contributed by atoms with Gasteiger partial charge >= 0.3 is 5.97 Å². The van der Waals surface area contributed by atoms with E-state index in [4.69, 9.17) is 5.11 Å². The van der Waals surface area contributed by atoms with Crippen LogP contribution in [0.15, 0.2) is 0 Å². The van der Waals surface area contributed by atoms with Crippen molar-refractivity contribution in [3.05, 3.63) is 0 Å². The summed E-state index contributed by atoms with van der Waals surface area (Å²) >= 11 is 0. The quantitative estimate of drug-likeness (QED) is 0.718. The van der Waals surface area contributed by atoms with Crippen molar-refractivity contribution in [3.63, 3.8) is 0 Å². The van der Waals surface area contributed by atoms with Gasteiger partial charge in [-0.25, -0.2) is 8.42 Å². The SMILES string of the molecule is O=C(O)CS(=O)(=O)N1CC2CCC1C2. The summed E-state index contributed by atoms with van der Waals surface area (Å²) in [5, 5.41) is 8.47. The van der Waals surface area contributed by atoms with Gasteiger partial charge < -0.3 is 5.11 Å². The lowest BCUT2D eigenvalue weighted by Crippen LogP contribution is -2.40. The van der Waals surface area contributed by atoms with Gasteiger partial charge in [0.1, 0.15) is 0 Å². The Bertz CT molecular complexity index is 350. The predicted molar refractivity (Wildman–Crippen MR) is 49.3 cm³/mol. The predicted octanol–water partition coefficient (Wildman–Crippen LogP) is -0.115. The van der Waals surface area contributed by atoms with Crippen molar-refractivity contribution >= 4 is 16.0 Å². The summed E-state index contributed by atoms with van der Waals surface area (Å²) in [6.45, 7) is 0.528. The fourth-order valence-electron chi connectivity index (χ4n) is 2.46. The fraction of sp³-hybridized carbons (Fsp3) is 0.875. The van der Waals surface area contributed by atoms with Crippen LogP contribution in [0.2, 0.25) is 0 Å². The first-order valence-corrected chi connectivity index (χ1v) is 6.31. The van der Waals surface area contributed by atoms with Gasteiger partial charge in [-0.05, 0) is 25.2 Å². The van der Waals surface area contributed by atoms with Crippen LogP contribution in [0, 0.1) is 5.92 Å². The fourth-order valence-corrected chi connectivity index (χ4v) is 4.02. The van der Waals surface area contributed by atoms with Crippen molar-refractivity contribution in [1.82, 2.24) is 4.31 Å². The minimum absolute atomic E-state index is 0.0735. The Balaban J connectivity index is 2.12. The van der Waals surface area contributed by atoms with Crippen molar-refractivity contribution in [3.8, 4) is 0 Å². The van der Waals surface area contributed by atoms with Crippen LogP contribution in [-0.2, 0) is 14.8 Å². The average Bonchev–Trinajstić information content (AvgIpc) is 2.60. The van der Waals surface area contributed by atoms with Crippen LogP contribution in [0.4, 0.5) is 0 Å². The molecule has 0 spiro atoms. The number of hydrogen-bond acceptors (Lipinski definition) is 3. The van der Waals surface area contributed by atoms with E-state index in [1.165, 1.54) is 4.31 Å². The Kier molecular flexibility index (Phi) is 2.27. The smallest absolute Gasteiger partial charge is 0.320 e. The van der Waals surface area contributed by atoms with Crippen LogP contribution in [0.3, 0.4) is 0 Å². The molecule has 1 saturated carbocycles. The molecule has 2 fully saturated rings. The van der Waals surface area contributed by atoms with E-state index >= 15 is 0 Å². The van der Waals surface area contributed by atoms with Gasteiger partial charge in [0.25, 0.3) is 0 Å². The van der Waals surface area contributed by atoms with Gasteiger partial charge in [-0.1, -0.05) is 0 Å². The van der Waals surface area contributed by atoms with Crippen molar-refractivity contribution in [2.75, 3.05) is 12.3 Å². The van der Waals surface area contributed by atoms with Crippen LogP contribution in [-0.4, -0.2) is 42.1 Å². The third-order valence-corrected chi connectivity index (χ3v) is 4.80. The molecule has 2 unspecified atom stereocenters. The first-order chi connectivity index (χ1) is 6.49. The van der Waals surface area contributed by atoms with E-state index in [1.807, 2.05) is 0 Å². The molecule has 80 valence electrons. The van der Waals surface area contributed by atoms with Crippen molar-refractivity contribution < 1.29 is 18.3 Å². The lowest BCUT2D eigenvalue weighted by atomic mass is 10.1. The minimum Gasteiger partial charge on any atom is -0.480 e. The number of carbonyl (C=O) groups is 1. The monoisotopic (exact) mass is 219 g/mol. The molecule has 6 heteroatoms. The second-order valence-electron chi connectivity index (χ2n) is 4.05. The van der Waals surface area contributed by atoms with Crippen LogP contribution in [0.25, 0.3) is 0 Å². The molecule has 0 amide bonds. The van der Waals surface area contributed by atoms with Crippen LogP contribution in [0.1, 0.15) is 19.3 Å². The van der Waals surface area contributed by atoms with Crippen molar-refractivity contribution in [1.29, 1.82) is 0 Å². The largest absolute Gasteiger partial charge is 0.480 e. The number of nitrogens with zero attached hydrogens (tertiary/aromatic N) is 1. The van der Waals surface area contributed by atoms with Crippen LogP contribution >= 0.6 is 0 Å². The number of carboxylic acid groups (broad SMARTS) is 1. The number of hydrogen-bond donors (Lipinski definition) is 1. The highest BCUT2D eigenvalue weighted by molar-refractivity contribution is 7.89. The molecule has 14 heavy (non-hydrogen) atoms. The van der Waals surface area contributed by atoms with Gasteiger partial charge in [0, 0.05) is 12.6 Å². The molecule has 0 radical (unpaired) electrons. The molecule has 5 nitrogen and oxygen atoms in total. The molecular formula is C8H13NO4S. The van der Waals surface area contributed by atoms with Crippen molar-refractivity contribution in [2.45, 2.75) is 25.3 Å². The van der Waals surface area contributed by atoms with Gasteiger partial charge in [-0.3, -0.25) is 4.79 Å². The van der Waals surface area contributed by atoms with E-state index < -0.39 is 21.7 Å². The van der Waals surface area contributed by atoms with Gasteiger partial charge in [0.2, 0.25) is 10.0 Å². The summed E-state index contributed by atoms with van der Waals surface area (Å²) in [7, 11) is -3.56. The lowest BCUT2D eigenvalue weighted by molar-refractivity contribution is -0.134. The Labute approximate surface area is 82.8 Å². The first kappa shape index (κ1) is 9.92. The van der Waals surface area contributed by atoms with Gasteiger partial charge in [-0.2, -0.15) is 4.31 Å². The minimum atomic E-state index is -3.56. The van der Waals surface area contributed by atoms with Gasteiger partial charge in [0.15, 0.2) is 5.75 Å². The highest BCUT2D eigenvalue weighted by Gasteiger charge is 2.44. The topological polar surface area (TPSA) is 74.7 Å². The summed E-state index contributed by atoms with van der Waals surface area (Å²) in [5.74, 6) is -1.58. The number of aliphatic carboxylic acids is 1. The maximum Gasteiger partial charge on any atom is 0.320 e. The summed E-state index contributed by atoms with van der Waals surface area (Å²) in [5.41, 5.74) is 0. The molecule has 2 bridgehead atoms. The van der Waals surface area contributed by atoms with E-state index in [-0.39, 0.29) is 6.04 Å². The number of carboxylic acids is 1. The molecule has 1 saturated heterocycles. The second-order valence-corrected chi connectivity index (χ2v) is 5.97. The summed E-state index contributed by atoms with van der Waals surface area (Å²) in [4.78, 5) is 10.4. The van der Waals surface area contributed by atoms with Gasteiger partial charge in [-0.15, -0.1) is 0 Å². The maximum absolute atomic E-state index is 11.6. The molecule has 1 aliphatic heterocycles. The zero-order valence-corrected chi connectivity index (χ0v) is 8.53. The van der Waals surface area contributed by atoms with E-state index in [1.54, 1.807) is 0 Å². The van der Waals surface area contributed by atoms with Crippen LogP contribution in [0.5, 0.6) is 0 Å². The second kappa shape index (κ2) is 3.20. The molecule has 1 aliphatic carbocycles. The molecule has 0 aromatic rings. The lowest BCUT2D eigenvalue weighted by Gasteiger charge is -2.25.